The van der Waals surface area contributed by atoms with E-state index in [0.29, 0.717) is 17.8 Å². The van der Waals surface area contributed by atoms with Crippen LogP contribution in [0.25, 0.3) is 6.08 Å². The van der Waals surface area contributed by atoms with Gasteiger partial charge in [-0.2, -0.15) is 0 Å². The predicted octanol–water partition coefficient (Wildman–Crippen LogP) is 6.19. The molecular formula is C25H32ClFN2O2. The van der Waals surface area contributed by atoms with Crippen molar-refractivity contribution in [1.82, 2.24) is 4.90 Å². The van der Waals surface area contributed by atoms with Crippen molar-refractivity contribution in [3.05, 3.63) is 64.4 Å². The second kappa shape index (κ2) is 11.9. The number of nitrogens with zero attached hydrogens (tertiary/aromatic N) is 1. The lowest BCUT2D eigenvalue weighted by molar-refractivity contribution is -0.111. The molecule has 0 aromatic heterocycles. The van der Waals surface area contributed by atoms with E-state index in [9.17, 15) is 9.18 Å². The molecule has 0 aliphatic rings. The van der Waals surface area contributed by atoms with Gasteiger partial charge >= 0.3 is 0 Å². The number of amides is 1. The van der Waals surface area contributed by atoms with Gasteiger partial charge in [0.25, 0.3) is 0 Å². The van der Waals surface area contributed by atoms with Crippen LogP contribution in [0.3, 0.4) is 0 Å². The molecular weight excluding hydrogens is 415 g/mol. The number of ether oxygens (including phenoxy) is 1. The van der Waals surface area contributed by atoms with Crippen LogP contribution in [-0.2, 0) is 11.2 Å². The lowest BCUT2D eigenvalue weighted by atomic mass is 10.1. The minimum Gasteiger partial charge on any atom is -0.496 e. The van der Waals surface area contributed by atoms with Crippen LogP contribution in [0.15, 0.2) is 42.5 Å². The molecule has 31 heavy (non-hydrogen) atoms. The smallest absolute Gasteiger partial charge is 0.248 e. The minimum absolute atomic E-state index is 0.189. The number of nitrogens with one attached hydrogen (secondary N) is 1. The summed E-state index contributed by atoms with van der Waals surface area (Å²) in [6.45, 7) is 9.82. The van der Waals surface area contributed by atoms with Gasteiger partial charge in [0.1, 0.15) is 11.6 Å². The highest BCUT2D eigenvalue weighted by molar-refractivity contribution is 6.32. The third-order valence-corrected chi connectivity index (χ3v) is 5.47. The number of hydrogen-bond donors (Lipinski definition) is 1. The molecule has 0 spiro atoms. The molecule has 6 heteroatoms. The van der Waals surface area contributed by atoms with Crippen molar-refractivity contribution in [2.45, 2.75) is 52.6 Å². The van der Waals surface area contributed by atoms with E-state index in [2.05, 4.69) is 37.9 Å². The standard InChI is InChI=1S/C25H32ClFN2O2/c1-17(2)29(18(3)4)15-7-8-19-16-20(11-13-24(19)31-5)28-25(30)14-12-21-22(26)9-6-10-23(21)27/h6,9-14,16-18H,7-8,15H2,1-5H3,(H,28,30). The topological polar surface area (TPSA) is 41.6 Å². The van der Waals surface area contributed by atoms with Gasteiger partial charge in [-0.05, 0) is 89.1 Å². The molecule has 0 saturated heterocycles. The SMILES string of the molecule is COc1ccc(NC(=O)C=Cc2c(F)cccc2Cl)cc1CCCN(C(C)C)C(C)C. The number of aryl methyl sites for hydroxylation is 1. The summed E-state index contributed by atoms with van der Waals surface area (Å²) < 4.78 is 19.3. The Labute approximate surface area is 190 Å². The van der Waals surface area contributed by atoms with Crippen LogP contribution >= 0.6 is 11.6 Å². The largest absolute Gasteiger partial charge is 0.496 e. The average Bonchev–Trinajstić information content (AvgIpc) is 2.70. The number of halogens is 2. The Kier molecular flexibility index (Phi) is 9.53. The number of rotatable bonds is 10. The molecule has 4 nitrogen and oxygen atoms in total. The normalized spacial score (nSPS) is 11.7. The summed E-state index contributed by atoms with van der Waals surface area (Å²) in [6, 6.07) is 11.0. The zero-order valence-corrected chi connectivity index (χ0v) is 19.7. The quantitative estimate of drug-likeness (QED) is 0.442. The van der Waals surface area contributed by atoms with Crippen molar-refractivity contribution in [3.8, 4) is 5.75 Å². The van der Waals surface area contributed by atoms with E-state index in [4.69, 9.17) is 16.3 Å². The third-order valence-electron chi connectivity index (χ3n) is 5.14. The summed E-state index contributed by atoms with van der Waals surface area (Å²) in [5.74, 6) is -0.0336. The van der Waals surface area contributed by atoms with Crippen LogP contribution in [0.1, 0.15) is 45.2 Å². The van der Waals surface area contributed by atoms with Gasteiger partial charge in [-0.3, -0.25) is 9.69 Å². The molecule has 2 aromatic rings. The molecule has 0 fully saturated rings. The molecule has 0 saturated carbocycles. The molecule has 2 rings (SSSR count). The molecule has 1 N–H and O–H groups in total. The van der Waals surface area contributed by atoms with E-state index >= 15 is 0 Å². The summed E-state index contributed by atoms with van der Waals surface area (Å²) >= 11 is 6.00. The van der Waals surface area contributed by atoms with E-state index in [1.807, 2.05) is 12.1 Å². The number of anilines is 1. The number of carbonyl (C=O) groups excluding carboxylic acids is 1. The fourth-order valence-electron chi connectivity index (χ4n) is 3.63. The Morgan fingerprint density at radius 2 is 1.90 bits per heavy atom. The number of hydrogen-bond acceptors (Lipinski definition) is 3. The fourth-order valence-corrected chi connectivity index (χ4v) is 3.86. The first-order chi connectivity index (χ1) is 14.7. The third kappa shape index (κ3) is 7.37. The van der Waals surface area contributed by atoms with E-state index in [-0.39, 0.29) is 16.5 Å². The van der Waals surface area contributed by atoms with Crippen LogP contribution in [0.5, 0.6) is 5.75 Å². The number of benzene rings is 2. The number of methoxy groups -OCH3 is 1. The Bertz CT molecular complexity index is 884. The average molecular weight is 447 g/mol. The zero-order valence-electron chi connectivity index (χ0n) is 18.9. The monoisotopic (exact) mass is 446 g/mol. The van der Waals surface area contributed by atoms with Gasteiger partial charge in [0, 0.05) is 29.4 Å². The van der Waals surface area contributed by atoms with Crippen LogP contribution in [0, 0.1) is 5.82 Å². The van der Waals surface area contributed by atoms with Crippen molar-refractivity contribution < 1.29 is 13.9 Å². The highest BCUT2D eigenvalue weighted by Crippen LogP contribution is 2.25. The number of carbonyl (C=O) groups is 1. The van der Waals surface area contributed by atoms with E-state index in [1.165, 1.54) is 24.3 Å². The van der Waals surface area contributed by atoms with E-state index in [0.717, 1.165) is 30.7 Å². The molecule has 1 amide bonds. The molecule has 0 aliphatic heterocycles. The van der Waals surface area contributed by atoms with Gasteiger partial charge in [0.05, 0.1) is 12.1 Å². The Morgan fingerprint density at radius 3 is 2.52 bits per heavy atom. The van der Waals surface area contributed by atoms with Crippen LogP contribution in [0.2, 0.25) is 5.02 Å². The Morgan fingerprint density at radius 1 is 1.19 bits per heavy atom. The van der Waals surface area contributed by atoms with Crippen molar-refractivity contribution in [1.29, 1.82) is 0 Å². The van der Waals surface area contributed by atoms with Crippen molar-refractivity contribution in [2.75, 3.05) is 19.0 Å². The fraction of sp³-hybridized carbons (Fsp3) is 0.400. The first-order valence-electron chi connectivity index (χ1n) is 10.6. The van der Waals surface area contributed by atoms with Crippen LogP contribution in [0.4, 0.5) is 10.1 Å². The first kappa shape index (κ1) is 24.9. The second-order valence-electron chi connectivity index (χ2n) is 8.01. The maximum Gasteiger partial charge on any atom is 0.248 e. The molecule has 0 aliphatic carbocycles. The summed E-state index contributed by atoms with van der Waals surface area (Å²) in [7, 11) is 1.65. The van der Waals surface area contributed by atoms with Gasteiger partial charge in [-0.15, -0.1) is 0 Å². The predicted molar refractivity (Wildman–Crippen MR) is 127 cm³/mol. The van der Waals surface area contributed by atoms with Gasteiger partial charge in [0.2, 0.25) is 5.91 Å². The van der Waals surface area contributed by atoms with Gasteiger partial charge in [-0.1, -0.05) is 17.7 Å². The molecule has 2 aromatic carbocycles. The highest BCUT2D eigenvalue weighted by atomic mass is 35.5. The zero-order chi connectivity index (χ0) is 23.0. The maximum atomic E-state index is 13.9. The summed E-state index contributed by atoms with van der Waals surface area (Å²) in [5, 5.41) is 3.08. The Hall–Kier alpha value is -2.37. The lowest BCUT2D eigenvalue weighted by Gasteiger charge is -2.30. The molecule has 0 unspecified atom stereocenters. The minimum atomic E-state index is -0.472. The second-order valence-corrected chi connectivity index (χ2v) is 8.42. The van der Waals surface area contributed by atoms with Crippen molar-refractivity contribution >= 4 is 29.3 Å². The van der Waals surface area contributed by atoms with Gasteiger partial charge in [-0.25, -0.2) is 4.39 Å². The summed E-state index contributed by atoms with van der Waals surface area (Å²) in [4.78, 5) is 14.8. The van der Waals surface area contributed by atoms with Crippen LogP contribution in [-0.4, -0.2) is 36.5 Å². The van der Waals surface area contributed by atoms with Gasteiger partial charge < -0.3 is 10.1 Å². The Balaban J connectivity index is 2.05. The summed E-state index contributed by atoms with van der Waals surface area (Å²) in [5.41, 5.74) is 1.89. The van der Waals surface area contributed by atoms with Gasteiger partial charge in [0.15, 0.2) is 0 Å². The summed E-state index contributed by atoms with van der Waals surface area (Å²) in [6.07, 6.45) is 4.47. The molecule has 168 valence electrons. The van der Waals surface area contributed by atoms with Crippen LogP contribution < -0.4 is 10.1 Å². The maximum absolute atomic E-state index is 13.9. The first-order valence-corrected chi connectivity index (χ1v) is 11.0. The molecule has 0 heterocycles. The molecule has 0 bridgehead atoms. The van der Waals surface area contributed by atoms with Crippen molar-refractivity contribution in [3.63, 3.8) is 0 Å². The lowest BCUT2D eigenvalue weighted by Crippen LogP contribution is -2.37. The van der Waals surface area contributed by atoms with E-state index < -0.39 is 5.82 Å². The van der Waals surface area contributed by atoms with E-state index in [1.54, 1.807) is 19.2 Å². The molecule has 0 radical (unpaired) electrons. The van der Waals surface area contributed by atoms with Crippen molar-refractivity contribution in [2.24, 2.45) is 0 Å². The highest BCUT2D eigenvalue weighted by Gasteiger charge is 2.14. The molecule has 0 atom stereocenters.